The molecule has 1 aromatic rings. The molecule has 1 fully saturated rings. The number of H-pyrrole nitrogens is 1. The molecule has 9 nitrogen and oxygen atoms in total. The molecule has 20 heavy (non-hydrogen) atoms. The van der Waals surface area contributed by atoms with Crippen LogP contribution in [0.4, 0.5) is 0 Å². The number of nitrogens with one attached hydrogen (secondary N) is 2. The highest BCUT2D eigenvalue weighted by Gasteiger charge is 2.44. The molecule has 0 bridgehead atoms. The van der Waals surface area contributed by atoms with Crippen molar-refractivity contribution >= 4 is 5.71 Å². The zero-order valence-corrected chi connectivity index (χ0v) is 10.6. The highest BCUT2D eigenvalue weighted by atomic mass is 16.6. The van der Waals surface area contributed by atoms with Crippen molar-refractivity contribution in [2.24, 2.45) is 0 Å². The van der Waals surface area contributed by atoms with Crippen LogP contribution < -0.4 is 11.2 Å². The average Bonchev–Trinajstić information content (AvgIpc) is 2.66. The van der Waals surface area contributed by atoms with Gasteiger partial charge < -0.3 is 30.4 Å². The summed E-state index contributed by atoms with van der Waals surface area (Å²) in [6, 6.07) is 0. The molecule has 0 amide bonds. The summed E-state index contributed by atoms with van der Waals surface area (Å²) in [5.41, 5.74) is -1.76. The Labute approximate surface area is 112 Å². The Hall–Kier alpha value is -1.81. The highest BCUT2D eigenvalue weighted by Crippen LogP contribution is 2.27. The van der Waals surface area contributed by atoms with Gasteiger partial charge in [0.2, 0.25) is 0 Å². The predicted octanol–water partition coefficient (Wildman–Crippen LogP) is -2.46. The zero-order chi connectivity index (χ0) is 15.0. The lowest BCUT2D eigenvalue weighted by molar-refractivity contribution is -0.0565. The lowest BCUT2D eigenvalue weighted by Gasteiger charge is -2.17. The largest absolute Gasteiger partial charge is 0.394 e. The number of ether oxygens (including phenoxy) is 1. The maximum Gasteiger partial charge on any atom is 0.330 e. The number of hydrogen-bond acceptors (Lipinski definition) is 7. The third-order valence-electron chi connectivity index (χ3n) is 3.18. The van der Waals surface area contributed by atoms with Crippen LogP contribution in [0.1, 0.15) is 18.7 Å². The van der Waals surface area contributed by atoms with Crippen molar-refractivity contribution in [2.45, 2.75) is 31.5 Å². The molecule has 1 saturated heterocycles. The topological polar surface area (TPSA) is 149 Å². The molecule has 0 aliphatic carbocycles. The predicted molar refractivity (Wildman–Crippen MR) is 66.8 cm³/mol. The van der Waals surface area contributed by atoms with E-state index in [9.17, 15) is 19.8 Å². The molecule has 9 heteroatoms. The molecular formula is C11H15N3O6. The number of nitrogens with zero attached hydrogens (tertiary/aromatic N) is 1. The summed E-state index contributed by atoms with van der Waals surface area (Å²) in [4.78, 5) is 26.2. The number of rotatable bonds is 3. The lowest BCUT2D eigenvalue weighted by atomic mass is 10.1. The van der Waals surface area contributed by atoms with Crippen LogP contribution >= 0.6 is 0 Å². The fraction of sp³-hybridized carbons (Fsp3) is 0.545. The fourth-order valence-corrected chi connectivity index (χ4v) is 2.08. The van der Waals surface area contributed by atoms with Gasteiger partial charge in [0, 0.05) is 11.9 Å². The van der Waals surface area contributed by atoms with Gasteiger partial charge in [-0.2, -0.15) is 0 Å². The van der Waals surface area contributed by atoms with Crippen molar-refractivity contribution < 1.29 is 20.1 Å². The average molecular weight is 285 g/mol. The van der Waals surface area contributed by atoms with Crippen molar-refractivity contribution in [3.63, 3.8) is 0 Å². The first-order valence-corrected chi connectivity index (χ1v) is 5.90. The summed E-state index contributed by atoms with van der Waals surface area (Å²) < 4.78 is 5.73. The van der Waals surface area contributed by atoms with Crippen molar-refractivity contribution in [2.75, 3.05) is 6.61 Å². The Morgan fingerprint density at radius 3 is 2.60 bits per heavy atom. The second kappa shape index (κ2) is 5.29. The number of hydrogen-bond donors (Lipinski definition) is 5. The van der Waals surface area contributed by atoms with E-state index in [1.165, 1.54) is 6.92 Å². The van der Waals surface area contributed by atoms with Gasteiger partial charge in [-0.1, -0.05) is 0 Å². The van der Waals surface area contributed by atoms with E-state index in [2.05, 4.69) is 4.98 Å². The monoisotopic (exact) mass is 285 g/mol. The first kappa shape index (κ1) is 14.6. The van der Waals surface area contributed by atoms with E-state index < -0.39 is 42.4 Å². The number of aliphatic hydroxyl groups is 3. The standard InChI is InChI=1S/C11H15N3O6/c1-4(12)5-2-13-11(19)14(9(5)18)10-8(17)7(16)6(3-15)20-10/h2,6-8,10,12,15-17H,3H2,1H3,(H,13,19)/t6-,7-,8+,10-/m1/s1. The smallest absolute Gasteiger partial charge is 0.330 e. The Morgan fingerprint density at radius 1 is 1.45 bits per heavy atom. The van der Waals surface area contributed by atoms with Gasteiger partial charge in [-0.25, -0.2) is 9.36 Å². The minimum absolute atomic E-state index is 0.0534. The van der Waals surface area contributed by atoms with E-state index in [0.717, 1.165) is 6.20 Å². The quantitative estimate of drug-likeness (QED) is 0.389. The minimum atomic E-state index is -1.53. The van der Waals surface area contributed by atoms with Gasteiger partial charge in [-0.3, -0.25) is 4.79 Å². The molecule has 0 spiro atoms. The molecule has 5 N–H and O–H groups in total. The first-order chi connectivity index (χ1) is 9.38. The molecule has 0 radical (unpaired) electrons. The maximum absolute atomic E-state index is 12.1. The SMILES string of the molecule is CC(=N)c1c[nH]c(=O)n([C@@H]2O[C@H](CO)[C@@H](O)[C@@H]2O)c1=O. The lowest BCUT2D eigenvalue weighted by Crippen LogP contribution is -2.44. The Kier molecular flexibility index (Phi) is 3.86. The molecule has 0 saturated carbocycles. The van der Waals surface area contributed by atoms with Crippen LogP contribution in [0, 0.1) is 5.41 Å². The first-order valence-electron chi connectivity index (χ1n) is 5.90. The van der Waals surface area contributed by atoms with E-state index >= 15 is 0 Å². The van der Waals surface area contributed by atoms with Gasteiger partial charge in [0.1, 0.15) is 18.3 Å². The minimum Gasteiger partial charge on any atom is -0.394 e. The van der Waals surface area contributed by atoms with Gasteiger partial charge in [0.05, 0.1) is 12.2 Å². The molecule has 2 rings (SSSR count). The molecule has 0 aromatic carbocycles. The second-order valence-corrected chi connectivity index (χ2v) is 4.54. The number of aromatic amines is 1. The summed E-state index contributed by atoms with van der Waals surface area (Å²) in [5.74, 6) is 0. The van der Waals surface area contributed by atoms with Crippen molar-refractivity contribution in [1.82, 2.24) is 9.55 Å². The van der Waals surface area contributed by atoms with Gasteiger partial charge in [0.25, 0.3) is 5.56 Å². The van der Waals surface area contributed by atoms with Crippen LogP contribution in [0.3, 0.4) is 0 Å². The maximum atomic E-state index is 12.1. The summed E-state index contributed by atoms with van der Waals surface area (Å²) in [6.07, 6.45) is -4.36. The number of aromatic nitrogens is 2. The Balaban J connectivity index is 2.54. The highest BCUT2D eigenvalue weighted by molar-refractivity contribution is 5.95. The summed E-state index contributed by atoms with van der Waals surface area (Å²) in [6.45, 7) is 0.807. The molecule has 110 valence electrons. The van der Waals surface area contributed by atoms with Crippen molar-refractivity contribution in [3.8, 4) is 0 Å². The molecule has 1 aromatic heterocycles. The van der Waals surface area contributed by atoms with Crippen LogP contribution in [0.15, 0.2) is 15.8 Å². The van der Waals surface area contributed by atoms with E-state index in [0.29, 0.717) is 4.57 Å². The normalized spacial score (nSPS) is 29.6. The molecule has 1 aliphatic heterocycles. The van der Waals surface area contributed by atoms with Gasteiger partial charge in [0.15, 0.2) is 6.23 Å². The van der Waals surface area contributed by atoms with Crippen LogP contribution in [0.2, 0.25) is 0 Å². The van der Waals surface area contributed by atoms with Gasteiger partial charge in [-0.05, 0) is 6.92 Å². The van der Waals surface area contributed by atoms with Crippen LogP contribution in [0.5, 0.6) is 0 Å². The summed E-state index contributed by atoms with van der Waals surface area (Å²) in [7, 11) is 0. The van der Waals surface area contributed by atoms with Crippen molar-refractivity contribution in [1.29, 1.82) is 5.41 Å². The molecule has 2 heterocycles. The van der Waals surface area contributed by atoms with E-state index in [-0.39, 0.29) is 11.3 Å². The number of aliphatic hydroxyl groups excluding tert-OH is 3. The molecular weight excluding hydrogens is 270 g/mol. The third-order valence-corrected chi connectivity index (χ3v) is 3.18. The van der Waals surface area contributed by atoms with E-state index in [4.69, 9.17) is 15.3 Å². The van der Waals surface area contributed by atoms with Crippen LogP contribution in [-0.4, -0.2) is 55.5 Å². The molecule has 1 aliphatic rings. The Morgan fingerprint density at radius 2 is 2.10 bits per heavy atom. The molecule has 4 atom stereocenters. The molecule has 0 unspecified atom stereocenters. The Bertz CT molecular complexity index is 636. The van der Waals surface area contributed by atoms with Gasteiger partial charge in [-0.15, -0.1) is 0 Å². The summed E-state index contributed by atoms with van der Waals surface area (Å²) in [5, 5.41) is 35.9. The van der Waals surface area contributed by atoms with E-state index in [1.807, 2.05) is 0 Å². The fourth-order valence-electron chi connectivity index (χ4n) is 2.08. The van der Waals surface area contributed by atoms with E-state index in [1.54, 1.807) is 0 Å². The second-order valence-electron chi connectivity index (χ2n) is 4.54. The third kappa shape index (κ3) is 2.20. The van der Waals surface area contributed by atoms with Crippen LogP contribution in [-0.2, 0) is 4.74 Å². The van der Waals surface area contributed by atoms with Crippen molar-refractivity contribution in [3.05, 3.63) is 32.6 Å². The van der Waals surface area contributed by atoms with Crippen LogP contribution in [0.25, 0.3) is 0 Å². The zero-order valence-electron chi connectivity index (χ0n) is 10.6. The van der Waals surface area contributed by atoms with Gasteiger partial charge >= 0.3 is 5.69 Å². The summed E-state index contributed by atoms with van der Waals surface area (Å²) >= 11 is 0.